The standard InChI is InChI=1S/C16H28N2O2/c1-7-11-14(8-2)18(9-3)13-10-12-17-15(19)20-16(4,5)6/h7,9,11H,1,3,8,10,12-13H2,2,4-6H3,(H,17,19)/b14-11+. The Morgan fingerprint density at radius 3 is 2.45 bits per heavy atom. The Morgan fingerprint density at radius 1 is 1.35 bits per heavy atom. The third kappa shape index (κ3) is 8.40. The largest absolute Gasteiger partial charge is 0.444 e. The van der Waals surface area contributed by atoms with Crippen molar-refractivity contribution >= 4 is 6.09 Å². The highest BCUT2D eigenvalue weighted by Crippen LogP contribution is 2.10. The van der Waals surface area contributed by atoms with Gasteiger partial charge in [-0.2, -0.15) is 0 Å². The van der Waals surface area contributed by atoms with Crippen LogP contribution >= 0.6 is 0 Å². The van der Waals surface area contributed by atoms with E-state index < -0.39 is 5.60 Å². The highest BCUT2D eigenvalue weighted by Gasteiger charge is 2.15. The Morgan fingerprint density at radius 2 is 2.00 bits per heavy atom. The summed E-state index contributed by atoms with van der Waals surface area (Å²) in [5, 5.41) is 2.75. The van der Waals surface area contributed by atoms with Gasteiger partial charge in [-0.25, -0.2) is 4.79 Å². The molecule has 0 aromatic heterocycles. The lowest BCUT2D eigenvalue weighted by Crippen LogP contribution is -2.34. The predicted octanol–water partition coefficient (Wildman–Crippen LogP) is 3.83. The molecule has 0 aliphatic heterocycles. The number of hydrogen-bond acceptors (Lipinski definition) is 3. The molecule has 4 heteroatoms. The fraction of sp³-hybridized carbons (Fsp3) is 0.562. The minimum absolute atomic E-state index is 0.375. The molecule has 4 nitrogen and oxygen atoms in total. The third-order valence-electron chi connectivity index (χ3n) is 2.51. The van der Waals surface area contributed by atoms with E-state index in [1.165, 1.54) is 0 Å². The first-order valence-electron chi connectivity index (χ1n) is 7.01. The molecule has 0 atom stereocenters. The number of carbonyl (C=O) groups is 1. The molecule has 0 bridgehead atoms. The minimum atomic E-state index is -0.459. The maximum Gasteiger partial charge on any atom is 0.407 e. The second kappa shape index (κ2) is 9.23. The molecule has 1 N–H and O–H groups in total. The Hall–Kier alpha value is -1.71. The van der Waals surface area contributed by atoms with E-state index in [0.29, 0.717) is 6.54 Å². The molecule has 1 amide bonds. The van der Waals surface area contributed by atoms with Crippen LogP contribution in [-0.4, -0.2) is 29.7 Å². The Kier molecular flexibility index (Phi) is 8.45. The summed E-state index contributed by atoms with van der Waals surface area (Å²) in [4.78, 5) is 13.5. The van der Waals surface area contributed by atoms with Crippen LogP contribution in [0.3, 0.4) is 0 Å². The third-order valence-corrected chi connectivity index (χ3v) is 2.51. The van der Waals surface area contributed by atoms with Crippen molar-refractivity contribution < 1.29 is 9.53 Å². The zero-order chi connectivity index (χ0) is 15.6. The van der Waals surface area contributed by atoms with Crippen molar-refractivity contribution in [2.24, 2.45) is 0 Å². The van der Waals surface area contributed by atoms with E-state index in [-0.39, 0.29) is 6.09 Å². The van der Waals surface area contributed by atoms with Gasteiger partial charge in [-0.3, -0.25) is 0 Å². The lowest BCUT2D eigenvalue weighted by atomic mass is 10.2. The van der Waals surface area contributed by atoms with E-state index in [1.807, 2.05) is 26.8 Å². The van der Waals surface area contributed by atoms with Gasteiger partial charge in [0, 0.05) is 18.8 Å². The van der Waals surface area contributed by atoms with Crippen LogP contribution in [-0.2, 0) is 4.74 Å². The molecule has 0 aromatic carbocycles. The summed E-state index contributed by atoms with van der Waals surface area (Å²) in [6, 6.07) is 0. The number of ether oxygens (including phenoxy) is 1. The second-order valence-corrected chi connectivity index (χ2v) is 5.41. The van der Waals surface area contributed by atoms with Crippen molar-refractivity contribution in [2.45, 2.75) is 46.1 Å². The smallest absolute Gasteiger partial charge is 0.407 e. The van der Waals surface area contributed by atoms with Crippen molar-refractivity contribution in [1.29, 1.82) is 0 Å². The van der Waals surface area contributed by atoms with Crippen LogP contribution < -0.4 is 5.32 Å². The first kappa shape index (κ1) is 18.3. The molecule has 0 rings (SSSR count). The SMILES string of the molecule is C=C/C=C(\CC)N(C=C)CCCNC(=O)OC(C)(C)C. The lowest BCUT2D eigenvalue weighted by molar-refractivity contribution is 0.0526. The lowest BCUT2D eigenvalue weighted by Gasteiger charge is -2.23. The molecule has 0 saturated heterocycles. The average Bonchev–Trinajstić information content (AvgIpc) is 2.34. The van der Waals surface area contributed by atoms with Crippen molar-refractivity contribution in [3.63, 3.8) is 0 Å². The van der Waals surface area contributed by atoms with Gasteiger partial charge < -0.3 is 15.0 Å². The zero-order valence-corrected chi connectivity index (χ0v) is 13.2. The van der Waals surface area contributed by atoms with Crippen LogP contribution in [0.15, 0.2) is 37.2 Å². The topological polar surface area (TPSA) is 41.6 Å². The maximum absolute atomic E-state index is 11.5. The Bertz CT molecular complexity index is 354. The number of rotatable bonds is 8. The monoisotopic (exact) mass is 280 g/mol. The summed E-state index contributed by atoms with van der Waals surface area (Å²) in [6.07, 6.45) is 6.90. The van der Waals surface area contributed by atoms with Gasteiger partial charge in [-0.05, 0) is 45.9 Å². The van der Waals surface area contributed by atoms with E-state index in [2.05, 4.69) is 30.3 Å². The van der Waals surface area contributed by atoms with Gasteiger partial charge in [-0.1, -0.05) is 26.2 Å². The van der Waals surface area contributed by atoms with Crippen LogP contribution in [0.4, 0.5) is 4.79 Å². The van der Waals surface area contributed by atoms with Gasteiger partial charge >= 0.3 is 6.09 Å². The number of hydrogen-bond donors (Lipinski definition) is 1. The first-order valence-corrected chi connectivity index (χ1v) is 7.01. The first-order chi connectivity index (χ1) is 9.34. The van der Waals surface area contributed by atoms with E-state index in [1.54, 1.807) is 12.3 Å². The average molecular weight is 280 g/mol. The van der Waals surface area contributed by atoms with E-state index in [0.717, 1.165) is 25.1 Å². The minimum Gasteiger partial charge on any atom is -0.444 e. The highest BCUT2D eigenvalue weighted by molar-refractivity contribution is 5.67. The van der Waals surface area contributed by atoms with Gasteiger partial charge in [0.1, 0.15) is 5.60 Å². The maximum atomic E-state index is 11.5. The molecule has 0 unspecified atom stereocenters. The molecular weight excluding hydrogens is 252 g/mol. The van der Waals surface area contributed by atoms with E-state index >= 15 is 0 Å². The molecule has 0 aromatic rings. The molecular formula is C16H28N2O2. The van der Waals surface area contributed by atoms with Gasteiger partial charge in [0.15, 0.2) is 0 Å². The van der Waals surface area contributed by atoms with E-state index in [4.69, 9.17) is 4.74 Å². The molecule has 20 heavy (non-hydrogen) atoms. The molecule has 114 valence electrons. The Balaban J connectivity index is 4.09. The summed E-state index contributed by atoms with van der Waals surface area (Å²) in [5.41, 5.74) is 0.700. The molecule has 0 fully saturated rings. The second-order valence-electron chi connectivity index (χ2n) is 5.41. The summed E-state index contributed by atoms with van der Waals surface area (Å²) in [5.74, 6) is 0. The zero-order valence-electron chi connectivity index (χ0n) is 13.2. The number of alkyl carbamates (subject to hydrolysis) is 1. The number of carbonyl (C=O) groups excluding carboxylic acids is 1. The van der Waals surface area contributed by atoms with Gasteiger partial charge in [0.2, 0.25) is 0 Å². The number of amides is 1. The highest BCUT2D eigenvalue weighted by atomic mass is 16.6. The quantitative estimate of drug-likeness (QED) is 0.543. The van der Waals surface area contributed by atoms with Crippen LogP contribution in [0.1, 0.15) is 40.5 Å². The molecule has 0 heterocycles. The Labute approximate surface area is 123 Å². The number of nitrogens with zero attached hydrogens (tertiary/aromatic N) is 1. The van der Waals surface area contributed by atoms with Crippen molar-refractivity contribution in [3.05, 3.63) is 37.2 Å². The van der Waals surface area contributed by atoms with Gasteiger partial charge in [0.05, 0.1) is 0 Å². The van der Waals surface area contributed by atoms with Crippen LogP contribution in [0.2, 0.25) is 0 Å². The summed E-state index contributed by atoms with van der Waals surface area (Å²) < 4.78 is 5.17. The van der Waals surface area contributed by atoms with E-state index in [9.17, 15) is 4.79 Å². The molecule has 0 spiro atoms. The van der Waals surface area contributed by atoms with Gasteiger partial charge in [-0.15, -0.1) is 0 Å². The predicted molar refractivity (Wildman–Crippen MR) is 84.3 cm³/mol. The molecule has 0 saturated carbocycles. The molecule has 0 radical (unpaired) electrons. The number of allylic oxidation sites excluding steroid dienone is 3. The number of nitrogens with one attached hydrogen (secondary N) is 1. The molecule has 0 aliphatic rings. The van der Waals surface area contributed by atoms with Crippen LogP contribution in [0.25, 0.3) is 0 Å². The van der Waals surface area contributed by atoms with Crippen LogP contribution in [0, 0.1) is 0 Å². The van der Waals surface area contributed by atoms with Crippen molar-refractivity contribution in [1.82, 2.24) is 10.2 Å². The fourth-order valence-corrected chi connectivity index (χ4v) is 1.66. The normalized spacial score (nSPS) is 11.7. The fourth-order valence-electron chi connectivity index (χ4n) is 1.66. The van der Waals surface area contributed by atoms with Crippen molar-refractivity contribution in [2.75, 3.05) is 13.1 Å². The summed E-state index contributed by atoms with van der Waals surface area (Å²) in [6.45, 7) is 16.5. The van der Waals surface area contributed by atoms with Crippen molar-refractivity contribution in [3.8, 4) is 0 Å². The molecule has 0 aliphatic carbocycles. The van der Waals surface area contributed by atoms with Crippen LogP contribution in [0.5, 0.6) is 0 Å². The summed E-state index contributed by atoms with van der Waals surface area (Å²) >= 11 is 0. The summed E-state index contributed by atoms with van der Waals surface area (Å²) in [7, 11) is 0. The van der Waals surface area contributed by atoms with Gasteiger partial charge in [0.25, 0.3) is 0 Å².